The molecule has 0 radical (unpaired) electrons. The number of pyridine rings is 1. The molecule has 1 aromatic heterocycles. The highest BCUT2D eigenvalue weighted by molar-refractivity contribution is 8.00. The van der Waals surface area contributed by atoms with Gasteiger partial charge in [-0.1, -0.05) is 18.2 Å². The third kappa shape index (κ3) is 7.27. The normalized spacial score (nSPS) is 20.6. The van der Waals surface area contributed by atoms with Crippen molar-refractivity contribution >= 4 is 23.4 Å². The first-order valence-electron chi connectivity index (χ1n) is 11.3. The number of hydrogen-bond acceptors (Lipinski definition) is 8. The Bertz CT molecular complexity index is 1050. The zero-order chi connectivity index (χ0) is 25.4. The smallest absolute Gasteiger partial charge is 0.303 e. The van der Waals surface area contributed by atoms with E-state index in [2.05, 4.69) is 4.98 Å². The van der Waals surface area contributed by atoms with Gasteiger partial charge >= 0.3 is 5.97 Å². The van der Waals surface area contributed by atoms with E-state index in [4.69, 9.17) is 19.3 Å². The molecular weight excluding hydrogens is 472 g/mol. The highest BCUT2D eigenvalue weighted by Gasteiger charge is 2.42. The molecule has 0 bridgehead atoms. The SMILES string of the molecule is COc1ccc(SC(C)(C)[C@@H]2OC[C@H](C/C=C\CCC(=O)O)[C@H](c3cccnc3)O2)c([N+](=O)[O-])c1. The molecule has 1 saturated heterocycles. The number of aliphatic carboxylic acids is 1. The predicted octanol–water partition coefficient (Wildman–Crippen LogP) is 5.41. The van der Waals surface area contributed by atoms with Crippen LogP contribution in [0.5, 0.6) is 5.75 Å². The zero-order valence-electron chi connectivity index (χ0n) is 20.0. The largest absolute Gasteiger partial charge is 0.497 e. The maximum atomic E-state index is 11.6. The number of carbonyl (C=O) groups is 1. The summed E-state index contributed by atoms with van der Waals surface area (Å²) in [5.41, 5.74) is 0.882. The summed E-state index contributed by atoms with van der Waals surface area (Å²) in [6.45, 7) is 4.29. The molecule has 35 heavy (non-hydrogen) atoms. The first-order valence-corrected chi connectivity index (χ1v) is 12.1. The quantitative estimate of drug-likeness (QED) is 0.186. The van der Waals surface area contributed by atoms with E-state index >= 15 is 0 Å². The van der Waals surface area contributed by atoms with Crippen LogP contribution in [0.15, 0.2) is 59.8 Å². The van der Waals surface area contributed by atoms with Crippen molar-refractivity contribution in [1.82, 2.24) is 4.98 Å². The monoisotopic (exact) mass is 502 g/mol. The van der Waals surface area contributed by atoms with E-state index in [1.165, 1.54) is 24.9 Å². The number of thioether (sulfide) groups is 1. The first kappa shape index (κ1) is 26.7. The van der Waals surface area contributed by atoms with Crippen LogP contribution in [0.1, 0.15) is 44.8 Å². The van der Waals surface area contributed by atoms with Gasteiger partial charge in [-0.3, -0.25) is 19.9 Å². The summed E-state index contributed by atoms with van der Waals surface area (Å²) in [5, 5.41) is 20.5. The fourth-order valence-electron chi connectivity index (χ4n) is 3.81. The Morgan fingerprint density at radius 1 is 1.37 bits per heavy atom. The van der Waals surface area contributed by atoms with Gasteiger partial charge in [-0.25, -0.2) is 0 Å². The third-order valence-electron chi connectivity index (χ3n) is 5.61. The zero-order valence-corrected chi connectivity index (χ0v) is 20.8. The number of ether oxygens (including phenoxy) is 3. The molecule has 2 heterocycles. The first-order chi connectivity index (χ1) is 16.7. The van der Waals surface area contributed by atoms with Gasteiger partial charge in [0.15, 0.2) is 6.29 Å². The molecule has 1 aliphatic heterocycles. The van der Waals surface area contributed by atoms with E-state index in [-0.39, 0.29) is 24.1 Å². The summed E-state index contributed by atoms with van der Waals surface area (Å²) in [6.07, 6.45) is 7.58. The molecule has 3 rings (SSSR count). The predicted molar refractivity (Wildman–Crippen MR) is 132 cm³/mol. The lowest BCUT2D eigenvalue weighted by Crippen LogP contribution is -2.45. The fraction of sp³-hybridized carbons (Fsp3) is 0.440. The molecule has 1 fully saturated rings. The summed E-state index contributed by atoms with van der Waals surface area (Å²) >= 11 is 1.32. The number of carboxylic acids is 1. The topological polar surface area (TPSA) is 121 Å². The highest BCUT2D eigenvalue weighted by Crippen LogP contribution is 2.46. The fourth-order valence-corrected chi connectivity index (χ4v) is 4.97. The van der Waals surface area contributed by atoms with Crippen molar-refractivity contribution in [2.24, 2.45) is 5.92 Å². The van der Waals surface area contributed by atoms with Gasteiger partial charge in [-0.05, 0) is 50.5 Å². The number of nitrogens with zero attached hydrogens (tertiary/aromatic N) is 2. The molecule has 0 amide bonds. The van der Waals surface area contributed by atoms with Crippen molar-refractivity contribution in [2.75, 3.05) is 13.7 Å². The lowest BCUT2D eigenvalue weighted by molar-refractivity contribution is -0.387. The Labute approximate surface area is 208 Å². The molecule has 1 N–H and O–H groups in total. The minimum atomic E-state index is -0.827. The van der Waals surface area contributed by atoms with Crippen molar-refractivity contribution in [2.45, 2.75) is 55.1 Å². The van der Waals surface area contributed by atoms with Gasteiger partial charge in [0.1, 0.15) is 5.75 Å². The molecule has 3 atom stereocenters. The molecule has 10 heteroatoms. The Morgan fingerprint density at radius 2 is 2.17 bits per heavy atom. The molecule has 0 spiro atoms. The van der Waals surface area contributed by atoms with Crippen molar-refractivity contribution in [3.05, 3.63) is 70.6 Å². The number of benzene rings is 1. The van der Waals surface area contributed by atoms with E-state index in [0.29, 0.717) is 30.1 Å². The second kappa shape index (κ2) is 12.1. The molecular formula is C25H30N2O7S. The molecule has 0 aliphatic carbocycles. The number of aromatic nitrogens is 1. The Morgan fingerprint density at radius 3 is 2.83 bits per heavy atom. The Kier molecular flexibility index (Phi) is 9.25. The molecule has 2 aromatic rings. The maximum absolute atomic E-state index is 11.6. The van der Waals surface area contributed by atoms with Gasteiger partial charge in [0.25, 0.3) is 5.69 Å². The summed E-state index contributed by atoms with van der Waals surface area (Å²) in [4.78, 5) is 26.7. The number of hydrogen-bond donors (Lipinski definition) is 1. The van der Waals surface area contributed by atoms with Crippen molar-refractivity contribution in [1.29, 1.82) is 0 Å². The second-order valence-corrected chi connectivity index (χ2v) is 10.4. The molecule has 1 aromatic carbocycles. The number of nitro groups is 1. The van der Waals surface area contributed by atoms with Crippen LogP contribution < -0.4 is 4.74 Å². The second-order valence-electron chi connectivity index (χ2n) is 8.70. The van der Waals surface area contributed by atoms with E-state index < -0.39 is 21.9 Å². The van der Waals surface area contributed by atoms with Crippen molar-refractivity contribution < 1.29 is 29.0 Å². The lowest BCUT2D eigenvalue weighted by atomic mass is 9.92. The summed E-state index contributed by atoms with van der Waals surface area (Å²) in [5.74, 6) is -0.403. The van der Waals surface area contributed by atoms with Gasteiger partial charge in [0.05, 0.1) is 40.5 Å². The maximum Gasteiger partial charge on any atom is 0.303 e. The number of nitro benzene ring substituents is 1. The molecule has 9 nitrogen and oxygen atoms in total. The van der Waals surface area contributed by atoms with Gasteiger partial charge in [0, 0.05) is 24.7 Å². The highest BCUT2D eigenvalue weighted by atomic mass is 32.2. The molecule has 0 saturated carbocycles. The number of allylic oxidation sites excluding steroid dienone is 2. The van der Waals surface area contributed by atoms with Crippen LogP contribution in [0.3, 0.4) is 0 Å². The van der Waals surface area contributed by atoms with Crippen molar-refractivity contribution in [3.63, 3.8) is 0 Å². The van der Waals surface area contributed by atoms with Crippen LogP contribution in [0, 0.1) is 16.0 Å². The average Bonchev–Trinajstić information content (AvgIpc) is 2.84. The minimum absolute atomic E-state index is 0.00708. The summed E-state index contributed by atoms with van der Waals surface area (Å²) in [6, 6.07) is 8.58. The van der Waals surface area contributed by atoms with E-state index in [0.717, 1.165) is 5.56 Å². The third-order valence-corrected chi connectivity index (χ3v) is 6.89. The molecule has 0 unspecified atom stereocenters. The van der Waals surface area contributed by atoms with Gasteiger partial charge in [0.2, 0.25) is 0 Å². The number of rotatable bonds is 11. The van der Waals surface area contributed by atoms with Crippen LogP contribution in [0.4, 0.5) is 5.69 Å². The van der Waals surface area contributed by atoms with Gasteiger partial charge in [-0.15, -0.1) is 11.8 Å². The average molecular weight is 503 g/mol. The van der Waals surface area contributed by atoms with Crippen LogP contribution in [-0.2, 0) is 14.3 Å². The van der Waals surface area contributed by atoms with E-state index in [9.17, 15) is 14.9 Å². The van der Waals surface area contributed by atoms with Crippen LogP contribution in [0.2, 0.25) is 0 Å². The number of methoxy groups -OCH3 is 1. The van der Waals surface area contributed by atoms with E-state index in [1.54, 1.807) is 24.5 Å². The number of carboxylic acid groups (broad SMARTS) is 1. The Balaban J connectivity index is 1.77. The Hall–Kier alpha value is -2.95. The van der Waals surface area contributed by atoms with Crippen LogP contribution in [-0.4, -0.2) is 45.7 Å². The summed E-state index contributed by atoms with van der Waals surface area (Å²) in [7, 11) is 1.47. The van der Waals surface area contributed by atoms with Crippen LogP contribution in [0.25, 0.3) is 0 Å². The molecule has 188 valence electrons. The van der Waals surface area contributed by atoms with Gasteiger partial charge in [-0.2, -0.15) is 0 Å². The van der Waals surface area contributed by atoms with Gasteiger partial charge < -0.3 is 19.3 Å². The molecule has 1 aliphatic rings. The van der Waals surface area contributed by atoms with E-state index in [1.807, 2.05) is 38.1 Å². The minimum Gasteiger partial charge on any atom is -0.497 e. The van der Waals surface area contributed by atoms with Crippen LogP contribution >= 0.6 is 11.8 Å². The standard InChI is InChI=1S/C25H30N2O7S/c1-25(2,35-21-12-11-19(32-3)14-20(21)27(30)31)24-33-16-18(8-5-4-6-10-22(28)29)23(34-24)17-9-7-13-26-15-17/h4-5,7,9,11-15,18,23-24H,6,8,10,16H2,1-3H3,(H,28,29)/b5-4-/t18-,23-,24+/m0/s1. The summed E-state index contributed by atoms with van der Waals surface area (Å²) < 4.78 is 17.1. The van der Waals surface area contributed by atoms with Crippen molar-refractivity contribution in [3.8, 4) is 5.75 Å². The lowest BCUT2D eigenvalue weighted by Gasteiger charge is -2.42.